The second kappa shape index (κ2) is 28.1. The lowest BCUT2D eigenvalue weighted by molar-refractivity contribution is -0.301. The number of hydrogen-bond donors (Lipinski definition) is 8. The van der Waals surface area contributed by atoms with Crippen LogP contribution in [0, 0.1) is 0 Å². The van der Waals surface area contributed by atoms with E-state index in [9.17, 15) is 40.9 Å². The highest BCUT2D eigenvalue weighted by molar-refractivity contribution is 5.57. The predicted octanol–water partition coefficient (Wildman–Crippen LogP) is 5.02. The number of benzene rings is 4. The second-order valence-corrected chi connectivity index (χ2v) is 19.7. The first kappa shape index (κ1) is 57.3. The Kier molecular flexibility index (Phi) is 21.8. The first-order valence-electron chi connectivity index (χ1n) is 26.8. The molecule has 8 N–H and O–H groups in total. The van der Waals surface area contributed by atoms with Gasteiger partial charge in [0.05, 0.1) is 52.9 Å². The van der Waals surface area contributed by atoms with Crippen LogP contribution in [0.4, 0.5) is 0 Å². The van der Waals surface area contributed by atoms with E-state index in [1.807, 2.05) is 0 Å². The highest BCUT2D eigenvalue weighted by Gasteiger charge is 2.45. The molecule has 0 unspecified atom stereocenters. The molecule has 2 aliphatic heterocycles. The van der Waals surface area contributed by atoms with E-state index in [4.69, 9.17) is 37.9 Å². The quantitative estimate of drug-likeness (QED) is 0.0379. The van der Waals surface area contributed by atoms with Crippen molar-refractivity contribution in [3.63, 3.8) is 0 Å². The predicted molar refractivity (Wildman–Crippen MR) is 276 cm³/mol. The minimum Gasteiger partial charge on any atom is -0.493 e. The number of aryl methyl sites for hydroxylation is 2. The summed E-state index contributed by atoms with van der Waals surface area (Å²) in [5.74, 6) is 3.26. The summed E-state index contributed by atoms with van der Waals surface area (Å²) >= 11 is 0. The second-order valence-electron chi connectivity index (χ2n) is 19.7. The van der Waals surface area contributed by atoms with Gasteiger partial charge in [-0.3, -0.25) is 0 Å². The van der Waals surface area contributed by atoms with Crippen LogP contribution in [0.1, 0.15) is 122 Å². The summed E-state index contributed by atoms with van der Waals surface area (Å²) in [4.78, 5) is 0. The normalized spacial score (nSPS) is 24.9. The Balaban J connectivity index is 1.29. The molecule has 2 saturated heterocycles. The van der Waals surface area contributed by atoms with Crippen LogP contribution in [-0.4, -0.2) is 155 Å². The maximum atomic E-state index is 10.6. The average Bonchev–Trinajstić information content (AvgIpc) is 3.39. The zero-order valence-corrected chi connectivity index (χ0v) is 43.5. The monoisotopic (exact) mass is 1030 g/mol. The zero-order valence-electron chi connectivity index (χ0n) is 43.5. The van der Waals surface area contributed by atoms with Crippen molar-refractivity contribution in [2.75, 3.05) is 52.9 Å². The molecule has 0 aromatic heterocycles. The summed E-state index contributed by atoms with van der Waals surface area (Å²) in [5, 5.41) is 82.0. The van der Waals surface area contributed by atoms with Gasteiger partial charge in [-0.05, 0) is 107 Å². The number of aliphatic hydroxyl groups excluding tert-OH is 8. The van der Waals surface area contributed by atoms with Crippen LogP contribution in [-0.2, 0) is 57.5 Å². The van der Waals surface area contributed by atoms with E-state index < -0.39 is 74.6 Å². The number of para-hydroxylation sites is 2. The van der Waals surface area contributed by atoms with Gasteiger partial charge < -0.3 is 78.7 Å². The maximum absolute atomic E-state index is 10.6. The molecule has 7 rings (SSSR count). The van der Waals surface area contributed by atoms with Crippen LogP contribution in [0.3, 0.4) is 0 Å². The lowest BCUT2D eigenvalue weighted by Gasteiger charge is -2.39. The molecule has 16 nitrogen and oxygen atoms in total. The van der Waals surface area contributed by atoms with E-state index in [1.54, 1.807) is 0 Å². The molecule has 16 heteroatoms. The summed E-state index contributed by atoms with van der Waals surface area (Å²) in [6.07, 6.45) is -5.98. The third-order valence-corrected chi connectivity index (χ3v) is 13.8. The fourth-order valence-electron chi connectivity index (χ4n) is 10.0. The molecule has 1 aliphatic carbocycles. The van der Waals surface area contributed by atoms with Crippen molar-refractivity contribution >= 4 is 0 Å². The van der Waals surface area contributed by atoms with E-state index in [-0.39, 0.29) is 13.2 Å². The van der Waals surface area contributed by atoms with Crippen molar-refractivity contribution in [2.24, 2.45) is 0 Å². The molecule has 4 aromatic carbocycles. The van der Waals surface area contributed by atoms with Gasteiger partial charge in [0, 0.05) is 25.7 Å². The van der Waals surface area contributed by atoms with Gasteiger partial charge in [0.15, 0.2) is 12.6 Å². The molecular formula is C58H80O16. The lowest BCUT2D eigenvalue weighted by Crippen LogP contribution is -2.59. The topological polar surface area (TPSA) is 236 Å². The van der Waals surface area contributed by atoms with Crippen molar-refractivity contribution in [1.29, 1.82) is 0 Å². The molecule has 3 aliphatic rings. The molecule has 0 radical (unpaired) electrons. The standard InChI is InChI=1S/C58H80O16/c1-5-19-67-53-37-15-9-16-38(53)30-42-26-36(14-12-24-72-58-52(66)50(64)48(62)46(34-60)74-58)28-44(56(42)70-22-8-4)32-40-18-10-17-39(54(40)68-20-6-2)31-43-27-35(25-41(29-37)55(43)69-21-7-3)13-11-23-71-57-51(65)49(63)47(61)45(33-59)73-57/h9-10,15-18,25-28,45-52,57-66H,5-8,11-14,19-24,29-34H2,1-4H3/t45-,46-,47-,48-,49+,50+,51+,52+,57+,58+/m1/s1. The van der Waals surface area contributed by atoms with Gasteiger partial charge in [-0.15, -0.1) is 0 Å². The first-order valence-corrected chi connectivity index (χ1v) is 26.8. The van der Waals surface area contributed by atoms with Gasteiger partial charge in [0.25, 0.3) is 0 Å². The highest BCUT2D eigenvalue weighted by atomic mass is 16.7. The third kappa shape index (κ3) is 14.1. The van der Waals surface area contributed by atoms with Crippen LogP contribution in [0.25, 0.3) is 0 Å². The Labute approximate surface area is 435 Å². The average molecular weight is 1030 g/mol. The molecule has 74 heavy (non-hydrogen) atoms. The number of rotatable bonds is 24. The van der Waals surface area contributed by atoms with Crippen LogP contribution in [0.2, 0.25) is 0 Å². The van der Waals surface area contributed by atoms with Gasteiger partial charge >= 0.3 is 0 Å². The third-order valence-electron chi connectivity index (χ3n) is 13.8. The molecular weight excluding hydrogens is 953 g/mol. The SMILES string of the molecule is CCCOc1c2cccc1Cc1cc(CCCO[C@H]3O[C@H](CO)[C@@H](O)[C@H](O)[C@@H]3O)cc(c1OCCC)Cc1cccc(c1OCCC)Cc1cc(CCCO[C@H]3O[C@H](CO)[C@@H](O)[C@H](O)[C@@H]3O)cc(c1OCCC)C2. The van der Waals surface area contributed by atoms with E-state index in [0.717, 1.165) is 104 Å². The van der Waals surface area contributed by atoms with Crippen molar-refractivity contribution in [2.45, 2.75) is 166 Å². The van der Waals surface area contributed by atoms with Gasteiger partial charge in [-0.1, -0.05) is 88.4 Å². The first-order chi connectivity index (χ1) is 35.9. The van der Waals surface area contributed by atoms with Crippen molar-refractivity contribution < 1.29 is 78.7 Å². The van der Waals surface area contributed by atoms with Gasteiger partial charge in [-0.2, -0.15) is 0 Å². The Morgan fingerprint density at radius 2 is 0.703 bits per heavy atom. The summed E-state index contributed by atoms with van der Waals surface area (Å²) in [6, 6.07) is 21.4. The minimum absolute atomic E-state index is 0.178. The van der Waals surface area contributed by atoms with Gasteiger partial charge in [0.2, 0.25) is 0 Å². The van der Waals surface area contributed by atoms with Crippen molar-refractivity contribution in [3.05, 3.63) is 116 Å². The molecule has 0 amide bonds. The molecule has 0 saturated carbocycles. The zero-order chi connectivity index (χ0) is 52.7. The molecule has 2 fully saturated rings. The van der Waals surface area contributed by atoms with Crippen molar-refractivity contribution in [3.8, 4) is 23.0 Å². The Morgan fingerprint density at radius 3 is 0.986 bits per heavy atom. The number of fused-ring (bicyclic) bond motifs is 8. The Hall–Kier alpha value is -4.40. The van der Waals surface area contributed by atoms with E-state index in [0.29, 0.717) is 77.8 Å². The van der Waals surface area contributed by atoms with E-state index in [1.165, 1.54) is 0 Å². The molecule has 10 atom stereocenters. The van der Waals surface area contributed by atoms with Gasteiger partial charge in [-0.25, -0.2) is 0 Å². The molecule has 4 aromatic rings. The maximum Gasteiger partial charge on any atom is 0.186 e. The van der Waals surface area contributed by atoms with Gasteiger partial charge in [0.1, 0.15) is 71.8 Å². The molecule has 0 spiro atoms. The van der Waals surface area contributed by atoms with Crippen molar-refractivity contribution in [1.82, 2.24) is 0 Å². The summed E-state index contributed by atoms with van der Waals surface area (Å²) in [7, 11) is 0. The molecule has 8 bridgehead atoms. The fourth-order valence-corrected chi connectivity index (χ4v) is 10.0. The fraction of sp³-hybridized carbons (Fsp3) is 0.586. The van der Waals surface area contributed by atoms with Crippen LogP contribution in [0.5, 0.6) is 23.0 Å². The summed E-state index contributed by atoms with van der Waals surface area (Å²) in [5.41, 5.74) is 10.1. The van der Waals surface area contributed by atoms with E-state index in [2.05, 4.69) is 88.4 Å². The minimum atomic E-state index is -1.53. The largest absolute Gasteiger partial charge is 0.493 e. The Bertz CT molecular complexity index is 2120. The van der Waals surface area contributed by atoms with E-state index >= 15 is 0 Å². The smallest absolute Gasteiger partial charge is 0.186 e. The Morgan fingerprint density at radius 1 is 0.405 bits per heavy atom. The number of hydrogen-bond acceptors (Lipinski definition) is 16. The highest BCUT2D eigenvalue weighted by Crippen LogP contribution is 2.41. The number of aliphatic hydroxyl groups is 8. The van der Waals surface area contributed by atoms with Crippen LogP contribution < -0.4 is 18.9 Å². The van der Waals surface area contributed by atoms with Crippen LogP contribution >= 0.6 is 0 Å². The number of ether oxygens (including phenoxy) is 8. The van der Waals surface area contributed by atoms with Crippen LogP contribution in [0.15, 0.2) is 60.7 Å². The summed E-state index contributed by atoms with van der Waals surface area (Å²) in [6.45, 7) is 9.71. The molecule has 408 valence electrons. The lowest BCUT2D eigenvalue weighted by atomic mass is 9.89. The molecule has 2 heterocycles. The summed E-state index contributed by atoms with van der Waals surface area (Å²) < 4.78 is 50.1.